The Morgan fingerprint density at radius 3 is 2.08 bits per heavy atom. The topological polar surface area (TPSA) is 110 Å². The second kappa shape index (κ2) is 9.18. The van der Waals surface area contributed by atoms with Gasteiger partial charge in [-0.25, -0.2) is 18.0 Å². The fourth-order valence-electron chi connectivity index (χ4n) is 1.17. The molecule has 0 aliphatic heterocycles. The Morgan fingerprint density at radius 2 is 1.60 bits per heavy atom. The molecule has 0 radical (unpaired) electrons. The summed E-state index contributed by atoms with van der Waals surface area (Å²) < 4.78 is 67.5. The molecule has 0 bridgehead atoms. The molecule has 0 N–H and O–H groups in total. The number of hydrogen-bond donors (Lipinski definition) is 0. The van der Waals surface area contributed by atoms with E-state index in [-0.39, 0.29) is 5.75 Å². The lowest BCUT2D eigenvalue weighted by Crippen LogP contribution is -2.34. The average molecular weight is 713 g/mol. The Hall–Kier alpha value is -0.140. The summed E-state index contributed by atoms with van der Waals surface area (Å²) in [5, 5.41) is -4.76. The molecule has 0 amide bonds. The minimum atomic E-state index is -5.96. The van der Waals surface area contributed by atoms with Gasteiger partial charge < -0.3 is 14.0 Å². The highest BCUT2D eigenvalue weighted by molar-refractivity contribution is 14.1. The van der Waals surface area contributed by atoms with Gasteiger partial charge in [0.25, 0.3) is 0 Å². The third-order valence-electron chi connectivity index (χ3n) is 2.27. The zero-order valence-electron chi connectivity index (χ0n) is 11.7. The van der Waals surface area contributed by atoms with Gasteiger partial charge in [-0.1, -0.05) is 0 Å². The van der Waals surface area contributed by atoms with E-state index in [1.165, 1.54) is 0 Å². The number of ether oxygens (including phenoxy) is 2. The zero-order valence-corrected chi connectivity index (χ0v) is 19.0. The maximum absolute atomic E-state index is 12.8. The van der Waals surface area contributed by atoms with Crippen molar-refractivity contribution in [1.29, 1.82) is 0 Å². The van der Waals surface area contributed by atoms with Crippen molar-refractivity contribution in [3.05, 3.63) is 35.0 Å². The predicted octanol–water partition coefficient (Wildman–Crippen LogP) is 2.64. The van der Waals surface area contributed by atoms with Crippen LogP contribution in [0.25, 0.3) is 0 Å². The number of rotatable bonds is 6. The molecular weight excluding hydrogens is 707 g/mol. The van der Waals surface area contributed by atoms with Crippen molar-refractivity contribution < 1.29 is 40.8 Å². The molecule has 0 aliphatic carbocycles. The first-order valence-corrected chi connectivity index (χ1v) is 10.5. The van der Waals surface area contributed by atoms with Gasteiger partial charge in [0.2, 0.25) is 0 Å². The Bertz CT molecular complexity index is 801. The van der Waals surface area contributed by atoms with Crippen molar-refractivity contribution in [1.82, 2.24) is 0 Å². The predicted molar refractivity (Wildman–Crippen MR) is 105 cm³/mol. The largest absolute Gasteiger partial charge is 0.743 e. The Kier molecular flexibility index (Phi) is 8.41. The summed E-state index contributed by atoms with van der Waals surface area (Å²) in [6.07, 6.45) is 1.10. The molecule has 0 aliphatic rings. The van der Waals surface area contributed by atoms with Crippen LogP contribution in [0, 0.1) is 10.7 Å². The van der Waals surface area contributed by atoms with E-state index in [0.717, 1.165) is 3.57 Å². The van der Waals surface area contributed by atoms with Crippen LogP contribution in [0.15, 0.2) is 24.3 Å². The molecule has 13 heteroatoms. The highest BCUT2D eigenvalue weighted by atomic mass is 127. The standard InChI is InChI=1S/C12H7F2I3O7S/c13-12(14,25(20,21)22)5-23-9(18)1-2-10(19)24-11-7(16)3-6(15)4-8(11)17/h1-4H,5H2,(H,20,21,22)/p-1/b2-1-. The fraction of sp³-hybridized carbons (Fsp3) is 0.167. The molecule has 1 aromatic carbocycles. The van der Waals surface area contributed by atoms with Crippen molar-refractivity contribution in [2.45, 2.75) is 5.25 Å². The van der Waals surface area contributed by atoms with E-state index in [9.17, 15) is 31.3 Å². The van der Waals surface area contributed by atoms with Gasteiger partial charge in [-0.15, -0.1) is 0 Å². The summed E-state index contributed by atoms with van der Waals surface area (Å²) in [7, 11) is -5.96. The van der Waals surface area contributed by atoms with Crippen molar-refractivity contribution in [3.63, 3.8) is 0 Å². The number of hydrogen-bond acceptors (Lipinski definition) is 7. The first-order valence-electron chi connectivity index (χ1n) is 5.88. The summed E-state index contributed by atoms with van der Waals surface area (Å²) in [6.45, 7) is -1.95. The molecule has 0 heterocycles. The highest BCUT2D eigenvalue weighted by Gasteiger charge is 2.39. The van der Waals surface area contributed by atoms with Crippen molar-refractivity contribution in [2.24, 2.45) is 0 Å². The van der Waals surface area contributed by atoms with E-state index in [4.69, 9.17) is 4.74 Å². The first-order chi connectivity index (χ1) is 11.3. The number of carbonyl (C=O) groups is 2. The van der Waals surface area contributed by atoms with Crippen LogP contribution in [-0.4, -0.2) is 36.8 Å². The summed E-state index contributed by atoms with van der Waals surface area (Å²) in [5.41, 5.74) is 0. The minimum absolute atomic E-state index is 0.258. The quantitative estimate of drug-likeness (QED) is 0.147. The van der Waals surface area contributed by atoms with Gasteiger partial charge >= 0.3 is 17.2 Å². The SMILES string of the molecule is O=C(/C=C\C(=O)Oc1c(I)cc(I)cc1I)OCC(F)(F)S(=O)(=O)[O-]. The number of halogens is 5. The van der Waals surface area contributed by atoms with Gasteiger partial charge in [-0.2, -0.15) is 8.78 Å². The van der Waals surface area contributed by atoms with Gasteiger partial charge in [-0.05, 0) is 79.9 Å². The zero-order chi connectivity index (χ0) is 19.4. The second-order valence-corrected chi connectivity index (χ2v) is 9.23. The van der Waals surface area contributed by atoms with Gasteiger partial charge in [0.1, 0.15) is 0 Å². The summed E-state index contributed by atoms with van der Waals surface area (Å²) in [6, 6.07) is 3.49. The van der Waals surface area contributed by atoms with Crippen LogP contribution in [-0.2, 0) is 24.4 Å². The van der Waals surface area contributed by atoms with Gasteiger partial charge in [0.05, 0.1) is 7.14 Å². The lowest BCUT2D eigenvalue weighted by Gasteiger charge is -2.18. The summed E-state index contributed by atoms with van der Waals surface area (Å²) in [4.78, 5) is 22.8. The molecule has 0 fully saturated rings. The molecule has 25 heavy (non-hydrogen) atoms. The Balaban J connectivity index is 2.67. The Labute approximate surface area is 181 Å². The smallest absolute Gasteiger partial charge is 0.367 e. The van der Waals surface area contributed by atoms with Crippen LogP contribution < -0.4 is 4.74 Å². The molecule has 7 nitrogen and oxygen atoms in total. The van der Waals surface area contributed by atoms with Crippen LogP contribution in [0.3, 0.4) is 0 Å². The molecule has 0 unspecified atom stereocenters. The molecule has 1 rings (SSSR count). The number of carbonyl (C=O) groups excluding carboxylic acids is 2. The molecule has 138 valence electrons. The lowest BCUT2D eigenvalue weighted by molar-refractivity contribution is -0.144. The highest BCUT2D eigenvalue weighted by Crippen LogP contribution is 2.29. The van der Waals surface area contributed by atoms with E-state index >= 15 is 0 Å². The number of alkyl halides is 2. The van der Waals surface area contributed by atoms with Crippen molar-refractivity contribution in [2.75, 3.05) is 6.61 Å². The lowest BCUT2D eigenvalue weighted by atomic mass is 10.3. The summed E-state index contributed by atoms with van der Waals surface area (Å²) >= 11 is 5.96. The first kappa shape index (κ1) is 22.9. The van der Waals surface area contributed by atoms with Crippen LogP contribution >= 0.6 is 67.8 Å². The minimum Gasteiger partial charge on any atom is -0.743 e. The second-order valence-electron chi connectivity index (χ2n) is 4.15. The van der Waals surface area contributed by atoms with Crippen LogP contribution in [0.1, 0.15) is 0 Å². The number of esters is 2. The van der Waals surface area contributed by atoms with Gasteiger partial charge in [0.15, 0.2) is 22.5 Å². The van der Waals surface area contributed by atoms with Gasteiger partial charge in [-0.3, -0.25) is 0 Å². The van der Waals surface area contributed by atoms with E-state index in [1.54, 1.807) is 12.1 Å². The molecule has 0 atom stereocenters. The monoisotopic (exact) mass is 713 g/mol. The number of benzene rings is 1. The normalized spacial score (nSPS) is 12.2. The van der Waals surface area contributed by atoms with E-state index in [1.807, 2.05) is 45.2 Å². The van der Waals surface area contributed by atoms with Crippen molar-refractivity contribution in [3.8, 4) is 5.75 Å². The maximum Gasteiger partial charge on any atom is 0.367 e. The van der Waals surface area contributed by atoms with Crippen LogP contribution in [0.5, 0.6) is 5.75 Å². The molecule has 0 aromatic heterocycles. The third kappa shape index (κ3) is 7.18. The van der Waals surface area contributed by atoms with E-state index in [0.29, 0.717) is 19.3 Å². The summed E-state index contributed by atoms with van der Waals surface area (Å²) in [5.74, 6) is -2.15. The van der Waals surface area contributed by atoms with Crippen LogP contribution in [0.4, 0.5) is 8.78 Å². The molecular formula is C12H6F2I3O7S-. The third-order valence-corrected chi connectivity index (χ3v) is 5.34. The Morgan fingerprint density at radius 1 is 1.12 bits per heavy atom. The maximum atomic E-state index is 12.8. The van der Waals surface area contributed by atoms with E-state index in [2.05, 4.69) is 27.3 Å². The molecule has 1 aromatic rings. The van der Waals surface area contributed by atoms with Crippen molar-refractivity contribution >= 4 is 89.8 Å². The van der Waals surface area contributed by atoms with Gasteiger partial charge in [0, 0.05) is 15.7 Å². The molecule has 0 saturated carbocycles. The fourth-order valence-corrected chi connectivity index (χ4v) is 5.18. The molecule has 0 spiro atoms. The van der Waals surface area contributed by atoms with Crippen LogP contribution in [0.2, 0.25) is 0 Å². The van der Waals surface area contributed by atoms with E-state index < -0.39 is 33.9 Å². The molecule has 0 saturated heterocycles. The average Bonchev–Trinajstić information content (AvgIpc) is 2.45.